The summed E-state index contributed by atoms with van der Waals surface area (Å²) in [4.78, 5) is 14.6. The smallest absolute Gasteiger partial charge is 0.223 e. The van der Waals surface area contributed by atoms with Crippen LogP contribution in [0.15, 0.2) is 41.5 Å². The largest absolute Gasteiger partial charge is 0.503 e. The van der Waals surface area contributed by atoms with Crippen molar-refractivity contribution in [2.75, 3.05) is 7.11 Å². The van der Waals surface area contributed by atoms with Gasteiger partial charge in [-0.05, 0) is 37.1 Å². The molecular weight excluding hydrogens is 280 g/mol. The SMILES string of the molecule is COc1ccc2[nH]cc(CCn3ccc(=O)c(O)c3C)c2c1. The maximum absolute atomic E-state index is 11.4. The van der Waals surface area contributed by atoms with E-state index in [1.807, 2.05) is 29.0 Å². The molecule has 22 heavy (non-hydrogen) atoms. The first-order chi connectivity index (χ1) is 10.6. The first-order valence-corrected chi connectivity index (χ1v) is 7.13. The van der Waals surface area contributed by atoms with E-state index in [0.717, 1.165) is 23.1 Å². The second-order valence-electron chi connectivity index (χ2n) is 5.28. The van der Waals surface area contributed by atoms with Gasteiger partial charge in [0.15, 0.2) is 5.75 Å². The molecule has 5 nitrogen and oxygen atoms in total. The molecule has 0 saturated heterocycles. The summed E-state index contributed by atoms with van der Waals surface area (Å²) >= 11 is 0. The molecule has 1 aromatic carbocycles. The van der Waals surface area contributed by atoms with Crippen LogP contribution >= 0.6 is 0 Å². The molecule has 0 saturated carbocycles. The van der Waals surface area contributed by atoms with Crippen molar-refractivity contribution in [2.24, 2.45) is 0 Å². The molecule has 2 N–H and O–H groups in total. The minimum Gasteiger partial charge on any atom is -0.503 e. The average molecular weight is 298 g/mol. The summed E-state index contributed by atoms with van der Waals surface area (Å²) in [6.45, 7) is 2.43. The van der Waals surface area contributed by atoms with Crippen LogP contribution in [0.2, 0.25) is 0 Å². The fourth-order valence-electron chi connectivity index (χ4n) is 2.64. The van der Waals surface area contributed by atoms with Gasteiger partial charge in [-0.1, -0.05) is 0 Å². The highest BCUT2D eigenvalue weighted by Gasteiger charge is 2.08. The van der Waals surface area contributed by atoms with Crippen LogP contribution < -0.4 is 10.2 Å². The van der Waals surface area contributed by atoms with Gasteiger partial charge in [-0.3, -0.25) is 4.79 Å². The fraction of sp³-hybridized carbons (Fsp3) is 0.235. The van der Waals surface area contributed by atoms with Gasteiger partial charge in [0.1, 0.15) is 5.75 Å². The molecule has 3 aromatic rings. The van der Waals surface area contributed by atoms with Gasteiger partial charge in [0.05, 0.1) is 12.8 Å². The number of aromatic hydroxyl groups is 1. The van der Waals surface area contributed by atoms with Crippen molar-refractivity contribution in [2.45, 2.75) is 19.9 Å². The Hall–Kier alpha value is -2.69. The topological polar surface area (TPSA) is 67.2 Å². The molecule has 0 radical (unpaired) electrons. The molecule has 2 aromatic heterocycles. The zero-order valence-electron chi connectivity index (χ0n) is 12.6. The normalized spacial score (nSPS) is 11.0. The maximum atomic E-state index is 11.4. The van der Waals surface area contributed by atoms with Gasteiger partial charge >= 0.3 is 0 Å². The van der Waals surface area contributed by atoms with Crippen molar-refractivity contribution >= 4 is 10.9 Å². The Morgan fingerprint density at radius 3 is 2.91 bits per heavy atom. The predicted octanol–water partition coefficient (Wildman–Crippen LogP) is 2.59. The highest BCUT2D eigenvalue weighted by atomic mass is 16.5. The van der Waals surface area contributed by atoms with E-state index in [1.165, 1.54) is 11.6 Å². The summed E-state index contributed by atoms with van der Waals surface area (Å²) in [6, 6.07) is 7.32. The van der Waals surface area contributed by atoms with E-state index in [-0.39, 0.29) is 11.2 Å². The number of H-pyrrole nitrogens is 1. The second kappa shape index (κ2) is 5.60. The molecule has 0 spiro atoms. The van der Waals surface area contributed by atoms with Gasteiger partial charge in [0.25, 0.3) is 0 Å². The van der Waals surface area contributed by atoms with E-state index in [1.54, 1.807) is 20.2 Å². The van der Waals surface area contributed by atoms with E-state index in [9.17, 15) is 9.90 Å². The van der Waals surface area contributed by atoms with Crippen LogP contribution in [-0.4, -0.2) is 21.8 Å². The lowest BCUT2D eigenvalue weighted by molar-refractivity contribution is 0.415. The highest BCUT2D eigenvalue weighted by molar-refractivity contribution is 5.84. The summed E-state index contributed by atoms with van der Waals surface area (Å²) in [7, 11) is 1.65. The van der Waals surface area contributed by atoms with Gasteiger partial charge in [-0.2, -0.15) is 0 Å². The molecule has 0 aliphatic rings. The summed E-state index contributed by atoms with van der Waals surface area (Å²) in [5.41, 5.74) is 2.48. The fourth-order valence-corrected chi connectivity index (χ4v) is 2.64. The molecule has 0 unspecified atom stereocenters. The molecule has 2 heterocycles. The van der Waals surface area contributed by atoms with Crippen LogP contribution in [0.25, 0.3) is 10.9 Å². The monoisotopic (exact) mass is 298 g/mol. The number of aromatic nitrogens is 2. The molecule has 0 aliphatic heterocycles. The number of aromatic amines is 1. The first kappa shape index (κ1) is 14.3. The molecule has 5 heteroatoms. The van der Waals surface area contributed by atoms with Gasteiger partial charge in [0.2, 0.25) is 5.43 Å². The minimum absolute atomic E-state index is 0.178. The van der Waals surface area contributed by atoms with Crippen LogP contribution in [0.1, 0.15) is 11.3 Å². The zero-order chi connectivity index (χ0) is 15.7. The molecule has 0 amide bonds. The Bertz CT molecular complexity index is 877. The van der Waals surface area contributed by atoms with Crippen molar-refractivity contribution < 1.29 is 9.84 Å². The van der Waals surface area contributed by atoms with Crippen LogP contribution in [0.3, 0.4) is 0 Å². The van der Waals surface area contributed by atoms with E-state index < -0.39 is 0 Å². The van der Waals surface area contributed by atoms with Crippen molar-refractivity contribution in [3.63, 3.8) is 0 Å². The molecule has 3 rings (SSSR count). The second-order valence-corrected chi connectivity index (χ2v) is 5.28. The summed E-state index contributed by atoms with van der Waals surface area (Å²) in [6.07, 6.45) is 4.49. The van der Waals surface area contributed by atoms with E-state index in [4.69, 9.17) is 4.74 Å². The third-order valence-electron chi connectivity index (χ3n) is 4.01. The third-order valence-corrected chi connectivity index (χ3v) is 4.01. The number of pyridine rings is 1. The molecule has 0 aliphatic carbocycles. The summed E-state index contributed by atoms with van der Waals surface area (Å²) < 4.78 is 7.16. The molecule has 0 bridgehead atoms. The number of nitrogens with zero attached hydrogens (tertiary/aromatic N) is 1. The summed E-state index contributed by atoms with van der Waals surface area (Å²) in [5.74, 6) is 0.647. The number of benzene rings is 1. The minimum atomic E-state index is -0.342. The van der Waals surface area contributed by atoms with E-state index >= 15 is 0 Å². The van der Waals surface area contributed by atoms with Gasteiger partial charge in [-0.15, -0.1) is 0 Å². The summed E-state index contributed by atoms with van der Waals surface area (Å²) in [5, 5.41) is 10.9. The standard InChI is InChI=1S/C17H18N2O3/c1-11-17(21)16(20)6-8-19(11)7-5-12-10-18-15-4-3-13(22-2)9-14(12)15/h3-4,6,8-10,18,21H,5,7H2,1-2H3. The number of nitrogens with one attached hydrogen (secondary N) is 1. The van der Waals surface area contributed by atoms with Gasteiger partial charge in [0, 0.05) is 35.9 Å². The number of hydrogen-bond acceptors (Lipinski definition) is 3. The van der Waals surface area contributed by atoms with Crippen LogP contribution in [-0.2, 0) is 13.0 Å². The highest BCUT2D eigenvalue weighted by Crippen LogP contribution is 2.24. The third kappa shape index (κ3) is 2.45. The average Bonchev–Trinajstić information content (AvgIpc) is 2.94. The Morgan fingerprint density at radius 1 is 1.32 bits per heavy atom. The number of ether oxygens (including phenoxy) is 1. The van der Waals surface area contributed by atoms with Crippen molar-refractivity contribution in [3.8, 4) is 11.5 Å². The molecule has 0 atom stereocenters. The van der Waals surface area contributed by atoms with E-state index in [0.29, 0.717) is 12.2 Å². The van der Waals surface area contributed by atoms with Crippen LogP contribution in [0.5, 0.6) is 11.5 Å². The Balaban J connectivity index is 1.88. The van der Waals surface area contributed by atoms with E-state index in [2.05, 4.69) is 4.98 Å². The first-order valence-electron chi connectivity index (χ1n) is 7.13. The number of methoxy groups -OCH3 is 1. The van der Waals surface area contributed by atoms with Crippen molar-refractivity contribution in [3.05, 3.63) is 58.1 Å². The quantitative estimate of drug-likeness (QED) is 0.778. The Kier molecular flexibility index (Phi) is 3.63. The van der Waals surface area contributed by atoms with Crippen LogP contribution in [0.4, 0.5) is 0 Å². The lowest BCUT2D eigenvalue weighted by Crippen LogP contribution is -2.11. The lowest BCUT2D eigenvalue weighted by Gasteiger charge is -2.11. The molecule has 114 valence electrons. The number of rotatable bonds is 4. The number of aryl methyl sites for hydroxylation is 2. The Labute approximate surface area is 127 Å². The molecular formula is C17H18N2O3. The number of fused-ring (bicyclic) bond motifs is 1. The van der Waals surface area contributed by atoms with Gasteiger partial charge in [-0.25, -0.2) is 0 Å². The van der Waals surface area contributed by atoms with Gasteiger partial charge < -0.3 is 19.4 Å². The van der Waals surface area contributed by atoms with Crippen molar-refractivity contribution in [1.82, 2.24) is 9.55 Å². The van der Waals surface area contributed by atoms with Crippen molar-refractivity contribution in [1.29, 1.82) is 0 Å². The lowest BCUT2D eigenvalue weighted by atomic mass is 10.1. The Morgan fingerprint density at radius 2 is 2.14 bits per heavy atom. The zero-order valence-corrected chi connectivity index (χ0v) is 12.6. The van der Waals surface area contributed by atoms with Crippen LogP contribution in [0, 0.1) is 6.92 Å². The predicted molar refractivity (Wildman–Crippen MR) is 85.7 cm³/mol. The molecule has 0 fully saturated rings. The number of hydrogen-bond donors (Lipinski definition) is 2. The maximum Gasteiger partial charge on any atom is 0.223 e.